The van der Waals surface area contributed by atoms with Crippen molar-refractivity contribution in [2.75, 3.05) is 6.61 Å². The molecule has 0 aromatic heterocycles. The van der Waals surface area contributed by atoms with Gasteiger partial charge in [0, 0.05) is 6.21 Å². The highest BCUT2D eigenvalue weighted by molar-refractivity contribution is 5.98. The second-order valence-corrected chi connectivity index (χ2v) is 4.16. The molecule has 2 N–H and O–H groups in total. The Bertz CT molecular complexity index is 700. The first-order valence-corrected chi connectivity index (χ1v) is 6.23. The van der Waals surface area contributed by atoms with Gasteiger partial charge in [0.1, 0.15) is 11.8 Å². The van der Waals surface area contributed by atoms with Gasteiger partial charge in [-0.25, -0.2) is 0 Å². The normalized spacial score (nSPS) is 10.2. The van der Waals surface area contributed by atoms with E-state index in [0.717, 1.165) is 5.56 Å². The number of para-hydroxylation sites is 1. The highest BCUT2D eigenvalue weighted by Gasteiger charge is 2.04. The summed E-state index contributed by atoms with van der Waals surface area (Å²) in [6, 6.07) is 15.9. The summed E-state index contributed by atoms with van der Waals surface area (Å²) in [5.41, 5.74) is 7.04. The zero-order valence-corrected chi connectivity index (χ0v) is 11.2. The molecule has 0 aliphatic heterocycles. The van der Waals surface area contributed by atoms with Crippen LogP contribution in [0.3, 0.4) is 0 Å². The fraction of sp³-hybridized carbons (Fsp3) is 0.0625. The minimum absolute atomic E-state index is 0.0133. The molecule has 0 radical (unpaired) electrons. The van der Waals surface area contributed by atoms with Gasteiger partial charge in [0.2, 0.25) is 0 Å². The summed E-state index contributed by atoms with van der Waals surface area (Å²) >= 11 is 0. The zero-order chi connectivity index (χ0) is 15.1. The number of carbonyl (C=O) groups is 1. The summed E-state index contributed by atoms with van der Waals surface area (Å²) in [5, 5.41) is 8.43. The Morgan fingerprint density at radius 2 is 1.95 bits per heavy atom. The van der Waals surface area contributed by atoms with Gasteiger partial charge in [-0.1, -0.05) is 12.1 Å². The van der Waals surface area contributed by atoms with Crippen LogP contribution in [0.1, 0.15) is 15.9 Å². The van der Waals surface area contributed by atoms with Crippen LogP contribution in [0.15, 0.2) is 53.5 Å². The van der Waals surface area contributed by atoms with E-state index in [1.54, 1.807) is 42.6 Å². The third-order valence-electron chi connectivity index (χ3n) is 2.71. The SMILES string of the molecule is N#CCOc1ccc(/C=N/c2ccccc2C(N)=O)cc1. The largest absolute Gasteiger partial charge is 0.479 e. The molecule has 21 heavy (non-hydrogen) atoms. The Kier molecular flexibility index (Phi) is 4.67. The van der Waals surface area contributed by atoms with Crippen LogP contribution >= 0.6 is 0 Å². The Morgan fingerprint density at radius 3 is 2.62 bits per heavy atom. The molecule has 0 fully saturated rings. The lowest BCUT2D eigenvalue weighted by Crippen LogP contribution is -2.10. The van der Waals surface area contributed by atoms with E-state index in [9.17, 15) is 4.79 Å². The van der Waals surface area contributed by atoms with Crippen LogP contribution in [0.2, 0.25) is 0 Å². The number of amides is 1. The maximum Gasteiger partial charge on any atom is 0.250 e. The molecule has 0 saturated carbocycles. The third-order valence-corrected chi connectivity index (χ3v) is 2.71. The number of nitriles is 1. The van der Waals surface area contributed by atoms with Gasteiger partial charge in [0.05, 0.1) is 11.3 Å². The first-order chi connectivity index (χ1) is 10.2. The molecule has 104 valence electrons. The second kappa shape index (κ2) is 6.87. The van der Waals surface area contributed by atoms with Crippen molar-refractivity contribution in [3.63, 3.8) is 0 Å². The van der Waals surface area contributed by atoms with Crippen LogP contribution < -0.4 is 10.5 Å². The van der Waals surface area contributed by atoms with E-state index >= 15 is 0 Å². The van der Waals surface area contributed by atoms with Crippen LogP contribution in [-0.4, -0.2) is 18.7 Å². The van der Waals surface area contributed by atoms with E-state index in [1.807, 2.05) is 18.2 Å². The van der Waals surface area contributed by atoms with Gasteiger partial charge in [0.15, 0.2) is 6.61 Å². The predicted molar refractivity (Wildman–Crippen MR) is 79.8 cm³/mol. The highest BCUT2D eigenvalue weighted by atomic mass is 16.5. The number of carbonyl (C=O) groups excluding carboxylic acids is 1. The van der Waals surface area contributed by atoms with Gasteiger partial charge in [-0.2, -0.15) is 5.26 Å². The molecule has 0 atom stereocenters. The van der Waals surface area contributed by atoms with Crippen LogP contribution in [0, 0.1) is 11.3 Å². The van der Waals surface area contributed by atoms with Crippen LogP contribution in [0.25, 0.3) is 0 Å². The molecular formula is C16H13N3O2. The van der Waals surface area contributed by atoms with Crippen LogP contribution in [0.5, 0.6) is 5.75 Å². The number of aliphatic imine (C=N–C) groups is 1. The minimum atomic E-state index is -0.511. The van der Waals surface area contributed by atoms with E-state index < -0.39 is 5.91 Å². The molecule has 1 amide bonds. The molecule has 0 aliphatic carbocycles. The van der Waals surface area contributed by atoms with E-state index in [1.165, 1.54) is 0 Å². The Labute approximate surface area is 122 Å². The lowest BCUT2D eigenvalue weighted by Gasteiger charge is -2.02. The Hall–Kier alpha value is -3.13. The smallest absolute Gasteiger partial charge is 0.250 e. The summed E-state index contributed by atoms with van der Waals surface area (Å²) in [6.07, 6.45) is 1.63. The number of hydrogen-bond donors (Lipinski definition) is 1. The number of ether oxygens (including phenoxy) is 1. The van der Waals surface area contributed by atoms with Gasteiger partial charge < -0.3 is 10.5 Å². The Morgan fingerprint density at radius 1 is 1.24 bits per heavy atom. The maximum atomic E-state index is 11.3. The van der Waals surface area contributed by atoms with Gasteiger partial charge in [-0.05, 0) is 42.0 Å². The summed E-state index contributed by atoms with van der Waals surface area (Å²) in [6.45, 7) is 0.0133. The molecule has 0 unspecified atom stereocenters. The lowest BCUT2D eigenvalue weighted by atomic mass is 10.1. The molecule has 0 spiro atoms. The van der Waals surface area contributed by atoms with Crippen molar-refractivity contribution >= 4 is 17.8 Å². The van der Waals surface area contributed by atoms with Crippen molar-refractivity contribution in [3.8, 4) is 11.8 Å². The molecule has 2 rings (SSSR count). The van der Waals surface area contributed by atoms with E-state index in [4.69, 9.17) is 15.7 Å². The number of benzene rings is 2. The predicted octanol–water partition coefficient (Wildman–Crippen LogP) is 2.44. The number of primary amides is 1. The summed E-state index contributed by atoms with van der Waals surface area (Å²) in [5.74, 6) is 0.106. The van der Waals surface area contributed by atoms with E-state index in [0.29, 0.717) is 17.0 Å². The van der Waals surface area contributed by atoms with Gasteiger partial charge in [0.25, 0.3) is 5.91 Å². The lowest BCUT2D eigenvalue weighted by molar-refractivity contribution is 0.100. The van der Waals surface area contributed by atoms with Crippen molar-refractivity contribution < 1.29 is 9.53 Å². The quantitative estimate of drug-likeness (QED) is 0.852. The molecule has 0 heterocycles. The van der Waals surface area contributed by atoms with Crippen molar-refractivity contribution in [3.05, 3.63) is 59.7 Å². The van der Waals surface area contributed by atoms with Gasteiger partial charge in [-0.15, -0.1) is 0 Å². The topological polar surface area (TPSA) is 88.5 Å². The zero-order valence-electron chi connectivity index (χ0n) is 11.2. The van der Waals surface area contributed by atoms with Crippen molar-refractivity contribution in [1.82, 2.24) is 0 Å². The number of hydrogen-bond acceptors (Lipinski definition) is 4. The van der Waals surface area contributed by atoms with Crippen LogP contribution in [0.4, 0.5) is 5.69 Å². The highest BCUT2D eigenvalue weighted by Crippen LogP contribution is 2.18. The average Bonchev–Trinajstić information content (AvgIpc) is 2.52. The third kappa shape index (κ3) is 3.91. The molecule has 2 aromatic rings. The van der Waals surface area contributed by atoms with Gasteiger partial charge >= 0.3 is 0 Å². The van der Waals surface area contributed by atoms with Crippen molar-refractivity contribution in [1.29, 1.82) is 5.26 Å². The number of nitrogens with zero attached hydrogens (tertiary/aromatic N) is 2. The maximum absolute atomic E-state index is 11.3. The average molecular weight is 279 g/mol. The Balaban J connectivity index is 2.15. The molecule has 5 heteroatoms. The minimum Gasteiger partial charge on any atom is -0.479 e. The van der Waals surface area contributed by atoms with Crippen LogP contribution in [-0.2, 0) is 0 Å². The second-order valence-electron chi connectivity index (χ2n) is 4.16. The van der Waals surface area contributed by atoms with E-state index in [-0.39, 0.29) is 6.61 Å². The first kappa shape index (κ1) is 14.3. The standard InChI is InChI=1S/C16H13N3O2/c17-9-10-21-13-7-5-12(6-8-13)11-19-15-4-2-1-3-14(15)16(18)20/h1-8,11H,10H2,(H2,18,20)/b19-11+. The number of nitrogens with two attached hydrogens (primary N) is 1. The summed E-state index contributed by atoms with van der Waals surface area (Å²) in [4.78, 5) is 15.6. The first-order valence-electron chi connectivity index (χ1n) is 6.23. The molecule has 0 saturated heterocycles. The molecule has 2 aromatic carbocycles. The fourth-order valence-corrected chi connectivity index (χ4v) is 1.70. The molecule has 0 bridgehead atoms. The molecule has 0 aliphatic rings. The van der Waals surface area contributed by atoms with E-state index in [2.05, 4.69) is 4.99 Å². The summed E-state index contributed by atoms with van der Waals surface area (Å²) in [7, 11) is 0. The molecule has 5 nitrogen and oxygen atoms in total. The summed E-state index contributed by atoms with van der Waals surface area (Å²) < 4.78 is 5.16. The number of rotatable bonds is 5. The molecular weight excluding hydrogens is 266 g/mol. The van der Waals surface area contributed by atoms with Crippen molar-refractivity contribution in [2.45, 2.75) is 0 Å². The van der Waals surface area contributed by atoms with Crippen molar-refractivity contribution in [2.24, 2.45) is 10.7 Å². The fourth-order valence-electron chi connectivity index (χ4n) is 1.70. The monoisotopic (exact) mass is 279 g/mol. The van der Waals surface area contributed by atoms with Gasteiger partial charge in [-0.3, -0.25) is 9.79 Å².